The van der Waals surface area contributed by atoms with Gasteiger partial charge in [-0.2, -0.15) is 0 Å². The van der Waals surface area contributed by atoms with Crippen molar-refractivity contribution in [3.05, 3.63) is 18.1 Å². The Morgan fingerprint density at radius 2 is 2.08 bits per heavy atom. The molecule has 0 bridgehead atoms. The second-order valence-corrected chi connectivity index (χ2v) is 8.00. The van der Waals surface area contributed by atoms with Crippen molar-refractivity contribution >= 4 is 11.7 Å². The Morgan fingerprint density at radius 1 is 1.23 bits per heavy atom. The van der Waals surface area contributed by atoms with Crippen LogP contribution >= 0.6 is 0 Å². The molecule has 142 valence electrons. The molecule has 3 aliphatic rings. The lowest BCUT2D eigenvalue weighted by molar-refractivity contribution is -0.131. The van der Waals surface area contributed by atoms with E-state index in [4.69, 9.17) is 0 Å². The number of hydrogen-bond donors (Lipinski definition) is 1. The average Bonchev–Trinajstić information content (AvgIpc) is 3.50. The summed E-state index contributed by atoms with van der Waals surface area (Å²) in [6.45, 7) is 4.01. The minimum absolute atomic E-state index is 0.0111. The maximum absolute atomic E-state index is 12.4. The number of aliphatic hydroxyl groups is 1. The summed E-state index contributed by atoms with van der Waals surface area (Å²) in [4.78, 5) is 28.0. The number of carbonyl (C=O) groups excluding carboxylic acids is 1. The zero-order chi connectivity index (χ0) is 18.1. The molecule has 0 aromatic carbocycles. The van der Waals surface area contributed by atoms with Crippen molar-refractivity contribution in [1.29, 1.82) is 0 Å². The first-order valence-electron chi connectivity index (χ1n) is 9.78. The highest BCUT2D eigenvalue weighted by molar-refractivity contribution is 5.76. The number of rotatable bonds is 4. The van der Waals surface area contributed by atoms with Crippen LogP contribution in [0.25, 0.3) is 0 Å². The van der Waals surface area contributed by atoms with E-state index in [2.05, 4.69) is 32.9 Å². The quantitative estimate of drug-likeness (QED) is 0.859. The first-order valence-corrected chi connectivity index (χ1v) is 9.78. The Balaban J connectivity index is 1.52. The van der Waals surface area contributed by atoms with Gasteiger partial charge in [0.25, 0.3) is 0 Å². The molecule has 1 aliphatic carbocycles. The molecule has 3 heterocycles. The lowest BCUT2D eigenvalue weighted by Crippen LogP contribution is -2.61. The van der Waals surface area contributed by atoms with Crippen LogP contribution in [-0.2, 0) is 4.79 Å². The summed E-state index contributed by atoms with van der Waals surface area (Å²) >= 11 is 0. The first kappa shape index (κ1) is 17.7. The largest absolute Gasteiger partial charge is 0.395 e. The number of β-amino-alcohol motifs (C(OH)–C–C–N with tert-alkyl or cyclic N) is 1. The van der Waals surface area contributed by atoms with Crippen LogP contribution in [0.2, 0.25) is 0 Å². The van der Waals surface area contributed by atoms with E-state index >= 15 is 0 Å². The number of carbonyl (C=O) groups is 1. The molecule has 1 aromatic heterocycles. The summed E-state index contributed by atoms with van der Waals surface area (Å²) in [5.74, 6) is 1.82. The Hall–Kier alpha value is -1.73. The highest BCUT2D eigenvalue weighted by Crippen LogP contribution is 2.40. The molecule has 7 heteroatoms. The number of piperazine rings is 1. The van der Waals surface area contributed by atoms with E-state index in [1.165, 1.54) is 18.5 Å². The standard InChI is InChI=1S/C19H29N5O2/c1-22-8-9-24(17-12-16(15-2-3-15)20-14-21-17)13-19(22)5-4-18(26)23(7-6-19)10-11-25/h12,14-15,25H,2-11,13H2,1H3. The second kappa shape index (κ2) is 7.12. The average molecular weight is 359 g/mol. The monoisotopic (exact) mass is 359 g/mol. The fourth-order valence-corrected chi connectivity index (χ4v) is 4.38. The molecule has 1 atom stereocenters. The van der Waals surface area contributed by atoms with E-state index in [0.717, 1.165) is 38.3 Å². The number of likely N-dealkylation sites (N-methyl/N-ethyl adjacent to an activating group) is 1. The van der Waals surface area contributed by atoms with Gasteiger partial charge in [0.05, 0.1) is 6.61 Å². The predicted molar refractivity (Wildman–Crippen MR) is 99.1 cm³/mol. The molecule has 3 fully saturated rings. The zero-order valence-corrected chi connectivity index (χ0v) is 15.6. The molecule has 1 saturated carbocycles. The van der Waals surface area contributed by atoms with E-state index in [1.54, 1.807) is 6.33 Å². The van der Waals surface area contributed by atoms with E-state index in [-0.39, 0.29) is 18.1 Å². The minimum atomic E-state index is -0.0111. The van der Waals surface area contributed by atoms with Crippen LogP contribution < -0.4 is 4.90 Å². The normalized spacial score (nSPS) is 27.8. The Morgan fingerprint density at radius 3 is 2.85 bits per heavy atom. The van der Waals surface area contributed by atoms with Crippen molar-refractivity contribution in [2.75, 3.05) is 51.3 Å². The van der Waals surface area contributed by atoms with Gasteiger partial charge in [0.1, 0.15) is 12.1 Å². The van der Waals surface area contributed by atoms with Gasteiger partial charge in [-0.25, -0.2) is 9.97 Å². The molecule has 1 N–H and O–H groups in total. The summed E-state index contributed by atoms with van der Waals surface area (Å²) in [6.07, 6.45) is 6.54. The number of likely N-dealkylation sites (tertiary alicyclic amines) is 1. The third-order valence-electron chi connectivity index (χ3n) is 6.37. The highest BCUT2D eigenvalue weighted by Gasteiger charge is 2.42. The van der Waals surface area contributed by atoms with Gasteiger partial charge in [-0.3, -0.25) is 9.69 Å². The molecule has 2 saturated heterocycles. The molecule has 4 rings (SSSR count). The molecule has 26 heavy (non-hydrogen) atoms. The molecule has 2 aliphatic heterocycles. The van der Waals surface area contributed by atoms with E-state index in [0.29, 0.717) is 25.4 Å². The topological polar surface area (TPSA) is 72.8 Å². The molecule has 1 amide bonds. The molecule has 1 aromatic rings. The molecular formula is C19H29N5O2. The maximum Gasteiger partial charge on any atom is 0.222 e. The zero-order valence-electron chi connectivity index (χ0n) is 15.6. The van der Waals surface area contributed by atoms with E-state index in [1.807, 2.05) is 4.90 Å². The van der Waals surface area contributed by atoms with Gasteiger partial charge in [-0.15, -0.1) is 0 Å². The van der Waals surface area contributed by atoms with E-state index < -0.39 is 0 Å². The predicted octanol–water partition coefficient (Wildman–Crippen LogP) is 0.849. The Bertz CT molecular complexity index is 665. The summed E-state index contributed by atoms with van der Waals surface area (Å²) in [5.41, 5.74) is 1.16. The Kier molecular flexibility index (Phi) is 4.84. The summed E-state index contributed by atoms with van der Waals surface area (Å²) in [7, 11) is 2.18. The Labute approximate surface area is 155 Å². The second-order valence-electron chi connectivity index (χ2n) is 8.00. The van der Waals surface area contributed by atoms with Crippen LogP contribution in [0.4, 0.5) is 5.82 Å². The maximum atomic E-state index is 12.4. The molecule has 1 spiro atoms. The summed E-state index contributed by atoms with van der Waals surface area (Å²) in [6, 6.07) is 2.16. The van der Waals surface area contributed by atoms with Gasteiger partial charge in [0.2, 0.25) is 5.91 Å². The van der Waals surface area contributed by atoms with Crippen molar-refractivity contribution in [2.45, 2.75) is 43.6 Å². The lowest BCUT2D eigenvalue weighted by atomic mass is 9.86. The third kappa shape index (κ3) is 3.42. The van der Waals surface area contributed by atoms with Crippen LogP contribution in [0.15, 0.2) is 12.4 Å². The molecule has 1 unspecified atom stereocenters. The highest BCUT2D eigenvalue weighted by atomic mass is 16.3. The number of aromatic nitrogens is 2. The third-order valence-corrected chi connectivity index (χ3v) is 6.37. The van der Waals surface area contributed by atoms with Crippen LogP contribution in [0.5, 0.6) is 0 Å². The van der Waals surface area contributed by atoms with Gasteiger partial charge in [-0.05, 0) is 32.7 Å². The van der Waals surface area contributed by atoms with Crippen LogP contribution in [0.3, 0.4) is 0 Å². The van der Waals surface area contributed by atoms with Gasteiger partial charge in [0, 0.05) is 62.4 Å². The number of nitrogens with zero attached hydrogens (tertiary/aromatic N) is 5. The number of amides is 1. The van der Waals surface area contributed by atoms with Crippen LogP contribution in [-0.4, -0.2) is 82.7 Å². The van der Waals surface area contributed by atoms with Gasteiger partial charge >= 0.3 is 0 Å². The van der Waals surface area contributed by atoms with Gasteiger partial charge < -0.3 is 14.9 Å². The van der Waals surface area contributed by atoms with E-state index in [9.17, 15) is 9.90 Å². The smallest absolute Gasteiger partial charge is 0.222 e. The van der Waals surface area contributed by atoms with Crippen molar-refractivity contribution in [2.24, 2.45) is 0 Å². The lowest BCUT2D eigenvalue weighted by Gasteiger charge is -2.49. The number of anilines is 1. The van der Waals surface area contributed by atoms with Crippen LogP contribution in [0, 0.1) is 0 Å². The van der Waals surface area contributed by atoms with Crippen molar-refractivity contribution in [1.82, 2.24) is 19.8 Å². The van der Waals surface area contributed by atoms with Crippen LogP contribution in [0.1, 0.15) is 43.7 Å². The van der Waals surface area contributed by atoms with Gasteiger partial charge in [0.15, 0.2) is 0 Å². The fraction of sp³-hybridized carbons (Fsp3) is 0.737. The fourth-order valence-electron chi connectivity index (χ4n) is 4.38. The SMILES string of the molecule is CN1CCN(c2cc(C3CC3)ncn2)CC12CCC(=O)N(CCO)CC2. The van der Waals surface area contributed by atoms with Crippen molar-refractivity contribution < 1.29 is 9.90 Å². The summed E-state index contributed by atoms with van der Waals surface area (Å²) < 4.78 is 0. The van der Waals surface area contributed by atoms with Gasteiger partial charge in [-0.1, -0.05) is 0 Å². The van der Waals surface area contributed by atoms with Crippen molar-refractivity contribution in [3.63, 3.8) is 0 Å². The number of aliphatic hydroxyl groups excluding tert-OH is 1. The van der Waals surface area contributed by atoms with Crippen molar-refractivity contribution in [3.8, 4) is 0 Å². The first-order chi connectivity index (χ1) is 12.6. The summed E-state index contributed by atoms with van der Waals surface area (Å²) in [5, 5.41) is 9.22. The number of hydrogen-bond acceptors (Lipinski definition) is 6. The molecule has 7 nitrogen and oxygen atoms in total. The molecule has 0 radical (unpaired) electrons. The minimum Gasteiger partial charge on any atom is -0.395 e. The molecular weight excluding hydrogens is 330 g/mol.